The lowest BCUT2D eigenvalue weighted by atomic mass is 10.0. The maximum atomic E-state index is 10.9. The molecule has 1 fully saturated rings. The van der Waals surface area contributed by atoms with Gasteiger partial charge in [-0.1, -0.05) is 17.2 Å². The third kappa shape index (κ3) is 3.71. The van der Waals surface area contributed by atoms with E-state index in [1.54, 1.807) is 18.2 Å². The van der Waals surface area contributed by atoms with Gasteiger partial charge < -0.3 is 5.11 Å². The fourth-order valence-electron chi connectivity index (χ4n) is 2.33. The third-order valence-electron chi connectivity index (χ3n) is 3.35. The average Bonchev–Trinajstić information content (AvgIpc) is 2.42. The van der Waals surface area contributed by atoms with E-state index in [0.29, 0.717) is 5.56 Å². The van der Waals surface area contributed by atoms with Crippen molar-refractivity contribution in [3.05, 3.63) is 45.8 Å². The van der Waals surface area contributed by atoms with Crippen LogP contribution >= 0.6 is 0 Å². The van der Waals surface area contributed by atoms with Gasteiger partial charge in [-0.3, -0.25) is 4.90 Å². The van der Waals surface area contributed by atoms with Crippen molar-refractivity contribution in [1.82, 2.24) is 4.90 Å². The van der Waals surface area contributed by atoms with Crippen molar-refractivity contribution >= 4 is 5.97 Å². The van der Waals surface area contributed by atoms with Crippen molar-refractivity contribution in [2.24, 2.45) is 5.11 Å². The van der Waals surface area contributed by atoms with E-state index < -0.39 is 5.97 Å². The highest BCUT2D eigenvalue weighted by molar-refractivity contribution is 5.87. The van der Waals surface area contributed by atoms with Gasteiger partial charge in [-0.15, -0.1) is 0 Å². The maximum Gasteiger partial charge on any atom is 0.335 e. The molecule has 0 spiro atoms. The van der Waals surface area contributed by atoms with Crippen LogP contribution in [-0.4, -0.2) is 35.1 Å². The SMILES string of the molecule is [N-]=[N+]=NC1CCN(Cc2cccc(C(=O)O)c2)CC1. The highest BCUT2D eigenvalue weighted by Crippen LogP contribution is 2.17. The minimum Gasteiger partial charge on any atom is -0.478 e. The molecule has 1 saturated heterocycles. The molecule has 0 amide bonds. The molecule has 19 heavy (non-hydrogen) atoms. The monoisotopic (exact) mass is 260 g/mol. The number of hydrogen-bond donors (Lipinski definition) is 1. The number of carbonyl (C=O) groups is 1. The van der Waals surface area contributed by atoms with Gasteiger partial charge in [0.25, 0.3) is 0 Å². The first-order valence-corrected chi connectivity index (χ1v) is 6.28. The lowest BCUT2D eigenvalue weighted by Gasteiger charge is -2.29. The number of hydrogen-bond acceptors (Lipinski definition) is 3. The number of nitrogens with zero attached hydrogens (tertiary/aromatic N) is 4. The molecule has 6 heteroatoms. The van der Waals surface area contributed by atoms with Crippen molar-refractivity contribution in [3.63, 3.8) is 0 Å². The number of rotatable bonds is 4. The first-order valence-electron chi connectivity index (χ1n) is 6.28. The van der Waals surface area contributed by atoms with Crippen LogP contribution in [0.4, 0.5) is 0 Å². The van der Waals surface area contributed by atoms with Crippen LogP contribution in [0.5, 0.6) is 0 Å². The van der Waals surface area contributed by atoms with E-state index in [9.17, 15) is 4.79 Å². The van der Waals surface area contributed by atoms with Gasteiger partial charge in [-0.05, 0) is 49.2 Å². The lowest BCUT2D eigenvalue weighted by Crippen LogP contribution is -2.34. The van der Waals surface area contributed by atoms with Crippen LogP contribution in [-0.2, 0) is 6.54 Å². The summed E-state index contributed by atoms with van der Waals surface area (Å²) in [7, 11) is 0. The van der Waals surface area contributed by atoms with Crippen LogP contribution in [0.3, 0.4) is 0 Å². The van der Waals surface area contributed by atoms with Gasteiger partial charge in [0.1, 0.15) is 0 Å². The lowest BCUT2D eigenvalue weighted by molar-refractivity contribution is 0.0696. The van der Waals surface area contributed by atoms with Gasteiger partial charge in [-0.2, -0.15) is 0 Å². The number of carboxylic acids is 1. The largest absolute Gasteiger partial charge is 0.478 e. The molecule has 0 atom stereocenters. The van der Waals surface area contributed by atoms with E-state index in [1.165, 1.54) is 0 Å². The molecule has 1 aliphatic rings. The number of carboxylic acid groups (broad SMARTS) is 1. The molecule has 0 radical (unpaired) electrons. The number of azide groups is 1. The minimum absolute atomic E-state index is 0.103. The molecule has 2 rings (SSSR count). The first-order chi connectivity index (χ1) is 9.19. The molecular weight excluding hydrogens is 244 g/mol. The van der Waals surface area contributed by atoms with Crippen LogP contribution in [0, 0.1) is 0 Å². The van der Waals surface area contributed by atoms with Gasteiger partial charge in [0.05, 0.1) is 5.56 Å². The van der Waals surface area contributed by atoms with Crippen LogP contribution in [0.15, 0.2) is 29.4 Å². The maximum absolute atomic E-state index is 10.9. The van der Waals surface area contributed by atoms with Gasteiger partial charge >= 0.3 is 5.97 Å². The summed E-state index contributed by atoms with van der Waals surface area (Å²) in [4.78, 5) is 16.0. The summed E-state index contributed by atoms with van der Waals surface area (Å²) in [5.74, 6) is -0.899. The van der Waals surface area contributed by atoms with E-state index in [1.807, 2.05) is 6.07 Å². The molecule has 0 aromatic heterocycles. The quantitative estimate of drug-likeness (QED) is 0.512. The third-order valence-corrected chi connectivity index (χ3v) is 3.35. The summed E-state index contributed by atoms with van der Waals surface area (Å²) in [6, 6.07) is 7.12. The number of aromatic carboxylic acids is 1. The molecule has 6 nitrogen and oxygen atoms in total. The van der Waals surface area contributed by atoms with Gasteiger partial charge in [0, 0.05) is 17.5 Å². The predicted molar refractivity (Wildman–Crippen MR) is 70.8 cm³/mol. The normalized spacial score (nSPS) is 16.8. The standard InChI is InChI=1S/C13H16N4O2/c14-16-15-12-4-6-17(7-5-12)9-10-2-1-3-11(8-10)13(18)19/h1-3,8,12H,4-7,9H2,(H,18,19). The summed E-state index contributed by atoms with van der Waals surface area (Å²) in [5, 5.41) is 12.7. The van der Waals surface area contributed by atoms with Crippen molar-refractivity contribution in [2.75, 3.05) is 13.1 Å². The summed E-state index contributed by atoms with van der Waals surface area (Å²) in [5.41, 5.74) is 9.71. The molecule has 100 valence electrons. The van der Waals surface area contributed by atoms with E-state index in [-0.39, 0.29) is 6.04 Å². The van der Waals surface area contributed by atoms with Crippen molar-refractivity contribution < 1.29 is 9.90 Å². The topological polar surface area (TPSA) is 89.3 Å². The number of likely N-dealkylation sites (tertiary alicyclic amines) is 1. The van der Waals surface area contributed by atoms with Crippen molar-refractivity contribution in [1.29, 1.82) is 0 Å². The predicted octanol–water partition coefficient (Wildman–Crippen LogP) is 2.66. The Hall–Kier alpha value is -2.04. The zero-order chi connectivity index (χ0) is 13.7. The molecule has 1 heterocycles. The Balaban J connectivity index is 1.93. The molecular formula is C13H16N4O2. The van der Waals surface area contributed by atoms with Crippen LogP contribution < -0.4 is 0 Å². The highest BCUT2D eigenvalue weighted by Gasteiger charge is 2.18. The molecule has 0 saturated carbocycles. The zero-order valence-corrected chi connectivity index (χ0v) is 10.6. The van der Waals surface area contributed by atoms with Gasteiger partial charge in [-0.25, -0.2) is 4.79 Å². The Morgan fingerprint density at radius 2 is 2.21 bits per heavy atom. The van der Waals surface area contributed by atoms with Crippen molar-refractivity contribution in [3.8, 4) is 0 Å². The molecule has 1 N–H and O–H groups in total. The first kappa shape index (κ1) is 13.4. The van der Waals surface area contributed by atoms with Crippen LogP contribution in [0.25, 0.3) is 10.4 Å². The summed E-state index contributed by atoms with van der Waals surface area (Å²) in [6.45, 7) is 2.49. The van der Waals surface area contributed by atoms with Crippen LogP contribution in [0.1, 0.15) is 28.8 Å². The van der Waals surface area contributed by atoms with Crippen molar-refractivity contribution in [2.45, 2.75) is 25.4 Å². The molecule has 1 aromatic carbocycles. The smallest absolute Gasteiger partial charge is 0.335 e. The van der Waals surface area contributed by atoms with Gasteiger partial charge in [0.2, 0.25) is 0 Å². The second-order valence-corrected chi connectivity index (χ2v) is 4.72. The minimum atomic E-state index is -0.899. The molecule has 0 unspecified atom stereocenters. The fourth-order valence-corrected chi connectivity index (χ4v) is 2.33. The Labute approximate surface area is 111 Å². The van der Waals surface area contributed by atoms with E-state index >= 15 is 0 Å². The highest BCUT2D eigenvalue weighted by atomic mass is 16.4. The summed E-state index contributed by atoms with van der Waals surface area (Å²) < 4.78 is 0. The van der Waals surface area contributed by atoms with E-state index in [4.69, 9.17) is 10.6 Å². The Bertz CT molecular complexity index is 503. The molecule has 0 aliphatic carbocycles. The number of benzene rings is 1. The second-order valence-electron chi connectivity index (χ2n) is 4.72. The molecule has 1 aliphatic heterocycles. The molecule has 0 bridgehead atoms. The summed E-state index contributed by atoms with van der Waals surface area (Å²) >= 11 is 0. The fraction of sp³-hybridized carbons (Fsp3) is 0.462. The van der Waals surface area contributed by atoms with E-state index in [2.05, 4.69) is 14.9 Å². The number of piperidine rings is 1. The average molecular weight is 260 g/mol. The Morgan fingerprint density at radius 1 is 1.47 bits per heavy atom. The second kappa shape index (κ2) is 6.22. The van der Waals surface area contributed by atoms with Crippen LogP contribution in [0.2, 0.25) is 0 Å². The van der Waals surface area contributed by atoms with Gasteiger partial charge in [0.15, 0.2) is 0 Å². The Kier molecular flexibility index (Phi) is 4.39. The molecule has 1 aromatic rings. The summed E-state index contributed by atoms with van der Waals surface area (Å²) in [6.07, 6.45) is 1.73. The zero-order valence-electron chi connectivity index (χ0n) is 10.6. The Morgan fingerprint density at radius 3 is 2.84 bits per heavy atom. The van der Waals surface area contributed by atoms with E-state index in [0.717, 1.165) is 38.0 Å².